The lowest BCUT2D eigenvalue weighted by molar-refractivity contribution is -0.131. The first kappa shape index (κ1) is 20.1. The molecule has 0 aliphatic carbocycles. The molecular weight excluding hydrogens is 351 g/mol. The summed E-state index contributed by atoms with van der Waals surface area (Å²) in [6.07, 6.45) is 0.500. The van der Waals surface area contributed by atoms with E-state index in [1.165, 1.54) is 19.1 Å². The molecule has 7 heteroatoms. The Labute approximate surface area is 156 Å². The van der Waals surface area contributed by atoms with E-state index in [1.54, 1.807) is 36.4 Å². The lowest BCUT2D eigenvalue weighted by atomic mass is 10.1. The van der Waals surface area contributed by atoms with Crippen LogP contribution in [0.2, 0.25) is 0 Å². The molecule has 0 saturated heterocycles. The smallest absolute Gasteiger partial charge is 0.308 e. The van der Waals surface area contributed by atoms with Crippen LogP contribution in [0.25, 0.3) is 0 Å². The Morgan fingerprint density at radius 1 is 1.00 bits per heavy atom. The van der Waals surface area contributed by atoms with E-state index in [2.05, 4.69) is 10.6 Å². The van der Waals surface area contributed by atoms with E-state index in [0.29, 0.717) is 36.4 Å². The molecule has 0 bridgehead atoms. The van der Waals surface area contributed by atoms with Crippen molar-refractivity contribution in [3.05, 3.63) is 65.5 Å². The average molecular weight is 372 g/mol. The summed E-state index contributed by atoms with van der Waals surface area (Å²) < 4.78 is 18.4. The van der Waals surface area contributed by atoms with Crippen molar-refractivity contribution >= 4 is 17.8 Å². The molecule has 2 aromatic rings. The Kier molecular flexibility index (Phi) is 7.49. The van der Waals surface area contributed by atoms with Gasteiger partial charge >= 0.3 is 5.97 Å². The van der Waals surface area contributed by atoms with E-state index >= 15 is 0 Å². The predicted octanol–water partition coefficient (Wildman–Crippen LogP) is 2.23. The highest BCUT2D eigenvalue weighted by Crippen LogP contribution is 2.13. The van der Waals surface area contributed by atoms with Crippen LogP contribution >= 0.6 is 0 Å². The van der Waals surface area contributed by atoms with Crippen molar-refractivity contribution in [2.45, 2.75) is 19.8 Å². The third-order valence-corrected chi connectivity index (χ3v) is 3.63. The molecule has 2 aromatic carbocycles. The van der Waals surface area contributed by atoms with Crippen LogP contribution in [0.4, 0.5) is 4.39 Å². The van der Waals surface area contributed by atoms with Gasteiger partial charge in [-0.05, 0) is 36.2 Å². The molecule has 0 aromatic heterocycles. The third kappa shape index (κ3) is 6.89. The molecule has 0 saturated carbocycles. The summed E-state index contributed by atoms with van der Waals surface area (Å²) in [6.45, 7) is 2.00. The zero-order valence-corrected chi connectivity index (χ0v) is 15.0. The van der Waals surface area contributed by atoms with Crippen molar-refractivity contribution in [2.75, 3.05) is 13.1 Å². The van der Waals surface area contributed by atoms with Crippen molar-refractivity contribution < 1.29 is 23.5 Å². The molecule has 6 nitrogen and oxygen atoms in total. The SMILES string of the molecule is CC(=O)Oc1cccc(C(=O)NCCCNC(=O)Cc2ccccc2F)c1. The quantitative estimate of drug-likeness (QED) is 0.423. The summed E-state index contributed by atoms with van der Waals surface area (Å²) in [4.78, 5) is 34.8. The van der Waals surface area contributed by atoms with Gasteiger partial charge in [-0.25, -0.2) is 4.39 Å². The molecule has 0 aliphatic heterocycles. The summed E-state index contributed by atoms with van der Waals surface area (Å²) in [6, 6.07) is 12.4. The van der Waals surface area contributed by atoms with E-state index in [4.69, 9.17) is 4.74 Å². The number of esters is 1. The second kappa shape index (κ2) is 10.1. The van der Waals surface area contributed by atoms with Crippen LogP contribution in [-0.4, -0.2) is 30.9 Å². The van der Waals surface area contributed by atoms with Gasteiger partial charge in [0.25, 0.3) is 5.91 Å². The highest BCUT2D eigenvalue weighted by molar-refractivity contribution is 5.94. The number of ether oxygens (including phenoxy) is 1. The minimum atomic E-state index is -0.460. The maximum atomic E-state index is 13.5. The topological polar surface area (TPSA) is 84.5 Å². The molecule has 0 fully saturated rings. The van der Waals surface area contributed by atoms with Crippen molar-refractivity contribution in [3.8, 4) is 5.75 Å². The lowest BCUT2D eigenvalue weighted by Gasteiger charge is -2.08. The van der Waals surface area contributed by atoms with Gasteiger partial charge in [0.15, 0.2) is 0 Å². The molecule has 27 heavy (non-hydrogen) atoms. The number of hydrogen-bond acceptors (Lipinski definition) is 4. The second-order valence-electron chi connectivity index (χ2n) is 5.85. The molecule has 142 valence electrons. The number of benzene rings is 2. The molecule has 2 rings (SSSR count). The van der Waals surface area contributed by atoms with Crippen LogP contribution in [0.1, 0.15) is 29.3 Å². The lowest BCUT2D eigenvalue weighted by Crippen LogP contribution is -2.30. The van der Waals surface area contributed by atoms with Crippen LogP contribution in [0.3, 0.4) is 0 Å². The molecule has 0 spiro atoms. The fraction of sp³-hybridized carbons (Fsp3) is 0.250. The Hall–Kier alpha value is -3.22. The van der Waals surface area contributed by atoms with Gasteiger partial charge < -0.3 is 15.4 Å². The molecule has 0 aliphatic rings. The van der Waals surface area contributed by atoms with E-state index < -0.39 is 11.8 Å². The van der Waals surface area contributed by atoms with Crippen LogP contribution in [-0.2, 0) is 16.0 Å². The molecule has 0 heterocycles. The summed E-state index contributed by atoms with van der Waals surface area (Å²) >= 11 is 0. The zero-order valence-electron chi connectivity index (χ0n) is 15.0. The second-order valence-corrected chi connectivity index (χ2v) is 5.85. The molecule has 2 N–H and O–H groups in total. The van der Waals surface area contributed by atoms with Gasteiger partial charge in [-0.3, -0.25) is 14.4 Å². The highest BCUT2D eigenvalue weighted by Gasteiger charge is 2.09. The number of nitrogens with one attached hydrogen (secondary N) is 2. The largest absolute Gasteiger partial charge is 0.427 e. The van der Waals surface area contributed by atoms with E-state index in [1.807, 2.05) is 0 Å². The molecule has 0 radical (unpaired) electrons. The normalized spacial score (nSPS) is 10.1. The van der Waals surface area contributed by atoms with Crippen molar-refractivity contribution in [1.82, 2.24) is 10.6 Å². The minimum absolute atomic E-state index is 0.0258. The van der Waals surface area contributed by atoms with E-state index in [0.717, 1.165) is 0 Å². The number of amides is 2. The summed E-state index contributed by atoms with van der Waals surface area (Å²) in [5.41, 5.74) is 0.716. The van der Waals surface area contributed by atoms with Crippen LogP contribution in [0, 0.1) is 5.82 Å². The Morgan fingerprint density at radius 2 is 1.74 bits per heavy atom. The Balaban J connectivity index is 1.69. The minimum Gasteiger partial charge on any atom is -0.427 e. The van der Waals surface area contributed by atoms with Gasteiger partial charge in [0.05, 0.1) is 6.42 Å². The first-order chi connectivity index (χ1) is 13.0. The Bertz CT molecular complexity index is 823. The average Bonchev–Trinajstić information content (AvgIpc) is 2.63. The molecule has 0 atom stereocenters. The van der Waals surface area contributed by atoms with Gasteiger partial charge in [-0.1, -0.05) is 24.3 Å². The number of halogens is 1. The fourth-order valence-electron chi connectivity index (χ4n) is 2.36. The maximum absolute atomic E-state index is 13.5. The van der Waals surface area contributed by atoms with Gasteiger partial charge in [0, 0.05) is 25.6 Å². The predicted molar refractivity (Wildman–Crippen MR) is 97.8 cm³/mol. The summed E-state index contributed by atoms with van der Waals surface area (Å²) in [5.74, 6) is -1.15. The van der Waals surface area contributed by atoms with Crippen molar-refractivity contribution in [3.63, 3.8) is 0 Å². The first-order valence-corrected chi connectivity index (χ1v) is 8.52. The zero-order chi connectivity index (χ0) is 19.6. The maximum Gasteiger partial charge on any atom is 0.308 e. The van der Waals surface area contributed by atoms with Crippen LogP contribution < -0.4 is 15.4 Å². The van der Waals surface area contributed by atoms with E-state index in [9.17, 15) is 18.8 Å². The van der Waals surface area contributed by atoms with Gasteiger partial charge in [-0.2, -0.15) is 0 Å². The van der Waals surface area contributed by atoms with Crippen LogP contribution in [0.5, 0.6) is 5.75 Å². The van der Waals surface area contributed by atoms with Gasteiger partial charge in [0.2, 0.25) is 5.91 Å². The van der Waals surface area contributed by atoms with E-state index in [-0.39, 0.29) is 18.2 Å². The number of rotatable bonds is 8. The number of carbonyl (C=O) groups is 3. The van der Waals surface area contributed by atoms with Gasteiger partial charge in [0.1, 0.15) is 11.6 Å². The summed E-state index contributed by atoms with van der Waals surface area (Å²) in [7, 11) is 0. The number of carbonyl (C=O) groups excluding carboxylic acids is 3. The molecule has 0 unspecified atom stereocenters. The highest BCUT2D eigenvalue weighted by atomic mass is 19.1. The van der Waals surface area contributed by atoms with Crippen LogP contribution in [0.15, 0.2) is 48.5 Å². The Morgan fingerprint density at radius 3 is 2.48 bits per heavy atom. The fourth-order valence-corrected chi connectivity index (χ4v) is 2.36. The van der Waals surface area contributed by atoms with Crippen molar-refractivity contribution in [1.29, 1.82) is 0 Å². The number of hydrogen-bond donors (Lipinski definition) is 2. The molecular formula is C20H21FN2O4. The summed E-state index contributed by atoms with van der Waals surface area (Å²) in [5, 5.41) is 5.41. The van der Waals surface area contributed by atoms with Crippen molar-refractivity contribution in [2.24, 2.45) is 0 Å². The molecule has 2 amide bonds. The third-order valence-electron chi connectivity index (χ3n) is 3.63. The van der Waals surface area contributed by atoms with Gasteiger partial charge in [-0.15, -0.1) is 0 Å². The first-order valence-electron chi connectivity index (χ1n) is 8.52. The monoisotopic (exact) mass is 372 g/mol. The standard InChI is InChI=1S/C20H21FN2O4/c1-14(24)27-17-8-4-7-16(12-17)20(26)23-11-5-10-22-19(25)13-15-6-2-3-9-18(15)21/h2-4,6-9,12H,5,10-11,13H2,1H3,(H,22,25)(H,23,26).